The molecule has 0 atom stereocenters. The van der Waals surface area contributed by atoms with Gasteiger partial charge in [-0.3, -0.25) is 0 Å². The first kappa shape index (κ1) is 22.1. The van der Waals surface area contributed by atoms with Crippen LogP contribution in [-0.4, -0.2) is 31.8 Å². The van der Waals surface area contributed by atoms with Gasteiger partial charge in [0.1, 0.15) is 13.2 Å². The summed E-state index contributed by atoms with van der Waals surface area (Å²) >= 11 is 0. The van der Waals surface area contributed by atoms with Crippen molar-refractivity contribution in [2.75, 3.05) is 19.8 Å². The zero-order valence-corrected chi connectivity index (χ0v) is 15.1. The summed E-state index contributed by atoms with van der Waals surface area (Å²) in [5.74, 6) is -14.1. The van der Waals surface area contributed by atoms with E-state index in [1.165, 1.54) is 24.3 Å². The summed E-state index contributed by atoms with van der Waals surface area (Å²) in [6, 6.07) is 5.62. The van der Waals surface area contributed by atoms with E-state index in [9.17, 15) is 31.5 Å². The zero-order valence-electron chi connectivity index (χ0n) is 15.1. The number of rotatable bonds is 8. The summed E-state index contributed by atoms with van der Waals surface area (Å²) in [6.07, 6.45) is 0.577. The molecule has 0 aromatic heterocycles. The minimum absolute atomic E-state index is 0.0494. The van der Waals surface area contributed by atoms with Gasteiger partial charge in [-0.25, -0.2) is 22.8 Å². The van der Waals surface area contributed by atoms with Crippen molar-refractivity contribution in [2.45, 2.75) is 13.3 Å². The number of hydrogen-bond donors (Lipinski definition) is 0. The van der Waals surface area contributed by atoms with Crippen LogP contribution < -0.4 is 4.74 Å². The molecule has 5 nitrogen and oxygen atoms in total. The number of ether oxygens (including phenoxy) is 3. The van der Waals surface area contributed by atoms with Crippen LogP contribution in [0.1, 0.15) is 34.1 Å². The number of carbonyl (C=O) groups excluding carboxylic acids is 2. The van der Waals surface area contributed by atoms with Crippen LogP contribution in [0.5, 0.6) is 5.75 Å². The van der Waals surface area contributed by atoms with Crippen LogP contribution in [0.3, 0.4) is 0 Å². The van der Waals surface area contributed by atoms with Gasteiger partial charge in [0, 0.05) is 0 Å². The maximum Gasteiger partial charge on any atom is 0.339 e. The first-order valence-corrected chi connectivity index (χ1v) is 8.37. The molecule has 0 aliphatic heterocycles. The molecule has 0 spiro atoms. The predicted molar refractivity (Wildman–Crippen MR) is 89.0 cm³/mol. The lowest BCUT2D eigenvalue weighted by atomic mass is 10.1. The van der Waals surface area contributed by atoms with Crippen molar-refractivity contribution in [3.8, 4) is 5.75 Å². The molecule has 0 aliphatic carbocycles. The quantitative estimate of drug-likeness (QED) is 0.212. The van der Waals surface area contributed by atoms with Crippen LogP contribution in [0.2, 0.25) is 0 Å². The Kier molecular flexibility index (Phi) is 7.52. The molecule has 0 heterocycles. The Morgan fingerprint density at radius 1 is 0.724 bits per heavy atom. The van der Waals surface area contributed by atoms with Crippen molar-refractivity contribution in [1.82, 2.24) is 0 Å². The number of halogens is 5. The van der Waals surface area contributed by atoms with Crippen LogP contribution in [0.15, 0.2) is 24.3 Å². The second kappa shape index (κ2) is 9.85. The van der Waals surface area contributed by atoms with Gasteiger partial charge in [0.2, 0.25) is 29.1 Å². The normalized spacial score (nSPS) is 10.6. The Bertz CT molecular complexity index is 887. The van der Waals surface area contributed by atoms with Crippen molar-refractivity contribution >= 4 is 11.9 Å². The van der Waals surface area contributed by atoms with Gasteiger partial charge in [0.05, 0.1) is 17.7 Å². The molecule has 0 fully saturated rings. The number of carbonyl (C=O) groups is 2. The first-order valence-electron chi connectivity index (χ1n) is 8.37. The van der Waals surface area contributed by atoms with Gasteiger partial charge in [0.25, 0.3) is 0 Å². The van der Waals surface area contributed by atoms with Crippen molar-refractivity contribution in [3.05, 3.63) is 64.5 Å². The van der Waals surface area contributed by atoms with Gasteiger partial charge in [0.15, 0.2) is 5.75 Å². The third-order valence-corrected chi connectivity index (χ3v) is 3.54. The van der Waals surface area contributed by atoms with E-state index in [2.05, 4.69) is 4.74 Å². The molecule has 0 saturated heterocycles. The van der Waals surface area contributed by atoms with Crippen LogP contribution >= 0.6 is 0 Å². The van der Waals surface area contributed by atoms with Gasteiger partial charge >= 0.3 is 11.9 Å². The standard InChI is InChI=1S/C19H15F5O5/c1-2-7-28-18(25)10-5-3-4-6-11(10)19(26)29-9-8-27-17-15(23)13(21)12(20)14(22)16(17)24/h3-6H,2,7-9H2,1H3. The van der Waals surface area contributed by atoms with Gasteiger partial charge in [-0.1, -0.05) is 19.1 Å². The average molecular weight is 418 g/mol. The molecule has 2 aromatic rings. The highest BCUT2D eigenvalue weighted by molar-refractivity contribution is 6.03. The molecule has 0 unspecified atom stereocenters. The molecule has 10 heteroatoms. The van der Waals surface area contributed by atoms with E-state index in [0.29, 0.717) is 6.42 Å². The second-order valence-electron chi connectivity index (χ2n) is 5.56. The van der Waals surface area contributed by atoms with E-state index in [-0.39, 0.29) is 17.7 Å². The molecule has 0 bridgehead atoms. The van der Waals surface area contributed by atoms with E-state index < -0.39 is 60.0 Å². The van der Waals surface area contributed by atoms with E-state index in [0.717, 1.165) is 0 Å². The molecule has 0 aliphatic rings. The molecule has 0 N–H and O–H groups in total. The Morgan fingerprint density at radius 3 is 1.66 bits per heavy atom. The molecule has 0 amide bonds. The van der Waals surface area contributed by atoms with Crippen LogP contribution in [-0.2, 0) is 9.47 Å². The lowest BCUT2D eigenvalue weighted by Crippen LogP contribution is -2.17. The minimum Gasteiger partial charge on any atom is -0.484 e. The van der Waals surface area contributed by atoms with E-state index in [4.69, 9.17) is 9.47 Å². The third kappa shape index (κ3) is 5.01. The fraction of sp³-hybridized carbons (Fsp3) is 0.263. The van der Waals surface area contributed by atoms with Gasteiger partial charge in [-0.2, -0.15) is 8.78 Å². The Labute approximate surface area is 162 Å². The summed E-state index contributed by atoms with van der Waals surface area (Å²) < 4.78 is 80.5. The summed E-state index contributed by atoms with van der Waals surface area (Å²) in [4.78, 5) is 24.1. The van der Waals surface area contributed by atoms with Crippen LogP contribution in [0.4, 0.5) is 22.0 Å². The van der Waals surface area contributed by atoms with Crippen molar-refractivity contribution in [3.63, 3.8) is 0 Å². The number of benzene rings is 2. The third-order valence-electron chi connectivity index (χ3n) is 3.54. The average Bonchev–Trinajstić information content (AvgIpc) is 2.73. The molecule has 2 aromatic carbocycles. The smallest absolute Gasteiger partial charge is 0.339 e. The number of hydrogen-bond acceptors (Lipinski definition) is 5. The molecule has 2 rings (SSSR count). The highest BCUT2D eigenvalue weighted by Crippen LogP contribution is 2.29. The van der Waals surface area contributed by atoms with Crippen LogP contribution in [0, 0.1) is 29.1 Å². The number of esters is 2. The topological polar surface area (TPSA) is 61.8 Å². The summed E-state index contributed by atoms with van der Waals surface area (Å²) in [5.41, 5.74) is -0.170. The maximum atomic E-state index is 13.5. The second-order valence-corrected chi connectivity index (χ2v) is 5.56. The lowest BCUT2D eigenvalue weighted by molar-refractivity contribution is 0.0419. The van der Waals surface area contributed by atoms with Gasteiger partial charge < -0.3 is 14.2 Å². The van der Waals surface area contributed by atoms with E-state index in [1.807, 2.05) is 0 Å². The SMILES string of the molecule is CCCOC(=O)c1ccccc1C(=O)OCCOc1c(F)c(F)c(F)c(F)c1F. The molecule has 156 valence electrons. The van der Waals surface area contributed by atoms with Crippen LogP contribution in [0.25, 0.3) is 0 Å². The zero-order chi connectivity index (χ0) is 21.6. The van der Waals surface area contributed by atoms with E-state index >= 15 is 0 Å². The molecule has 0 radical (unpaired) electrons. The molecule has 29 heavy (non-hydrogen) atoms. The fourth-order valence-corrected chi connectivity index (χ4v) is 2.18. The largest absolute Gasteiger partial charge is 0.484 e. The van der Waals surface area contributed by atoms with Crippen molar-refractivity contribution in [2.24, 2.45) is 0 Å². The first-order chi connectivity index (χ1) is 13.8. The predicted octanol–water partition coefficient (Wildman–Crippen LogP) is 4.18. The Hall–Kier alpha value is -3.17. The fourth-order valence-electron chi connectivity index (χ4n) is 2.18. The summed E-state index contributed by atoms with van der Waals surface area (Å²) in [5, 5.41) is 0. The summed E-state index contributed by atoms with van der Waals surface area (Å²) in [6.45, 7) is 0.652. The highest BCUT2D eigenvalue weighted by Gasteiger charge is 2.27. The van der Waals surface area contributed by atoms with Crippen molar-refractivity contribution < 1.29 is 45.8 Å². The molecular weight excluding hydrogens is 403 g/mol. The molecule has 0 saturated carbocycles. The lowest BCUT2D eigenvalue weighted by Gasteiger charge is -2.11. The highest BCUT2D eigenvalue weighted by atomic mass is 19.2. The molecular formula is C19H15F5O5. The van der Waals surface area contributed by atoms with Crippen molar-refractivity contribution in [1.29, 1.82) is 0 Å². The maximum absolute atomic E-state index is 13.5. The van der Waals surface area contributed by atoms with E-state index in [1.54, 1.807) is 6.92 Å². The van der Waals surface area contributed by atoms with Gasteiger partial charge in [-0.15, -0.1) is 0 Å². The Balaban J connectivity index is 2.01. The Morgan fingerprint density at radius 2 is 1.17 bits per heavy atom. The minimum atomic E-state index is -2.31. The summed E-state index contributed by atoms with van der Waals surface area (Å²) in [7, 11) is 0. The monoisotopic (exact) mass is 418 g/mol. The van der Waals surface area contributed by atoms with Gasteiger partial charge in [-0.05, 0) is 18.6 Å².